The molecule has 0 aliphatic carbocycles. The van der Waals surface area contributed by atoms with Crippen LogP contribution < -0.4 is 5.32 Å². The van der Waals surface area contributed by atoms with E-state index in [-0.39, 0.29) is 5.69 Å². The van der Waals surface area contributed by atoms with E-state index in [4.69, 9.17) is 0 Å². The van der Waals surface area contributed by atoms with Crippen LogP contribution in [0.1, 0.15) is 5.56 Å². The van der Waals surface area contributed by atoms with Crippen LogP contribution in [0.25, 0.3) is 11.3 Å². The van der Waals surface area contributed by atoms with Crippen LogP contribution in [-0.4, -0.2) is 24.9 Å². The number of nitrogens with zero attached hydrogens (tertiary/aromatic N) is 5. The van der Waals surface area contributed by atoms with Crippen molar-refractivity contribution in [1.29, 1.82) is 0 Å². The van der Waals surface area contributed by atoms with Crippen LogP contribution in [0.3, 0.4) is 0 Å². The first-order valence-electron chi connectivity index (χ1n) is 6.73. The Bertz CT molecular complexity index is 854. The predicted octanol–water partition coefficient (Wildman–Crippen LogP) is 2.89. The van der Waals surface area contributed by atoms with Crippen LogP contribution in [0.15, 0.2) is 49.3 Å². The molecule has 0 spiro atoms. The van der Waals surface area contributed by atoms with Crippen LogP contribution in [0, 0.1) is 17.0 Å². The monoisotopic (exact) mass is 308 g/mol. The van der Waals surface area contributed by atoms with Gasteiger partial charge in [0.25, 0.3) is 5.69 Å². The highest BCUT2D eigenvalue weighted by Crippen LogP contribution is 2.25. The maximum Gasteiger partial charge on any atom is 0.271 e. The number of hydrogen-bond acceptors (Lipinski definition) is 7. The molecule has 3 rings (SSSR count). The zero-order valence-corrected chi connectivity index (χ0v) is 12.2. The zero-order chi connectivity index (χ0) is 16.2. The van der Waals surface area contributed by atoms with Gasteiger partial charge in [0.1, 0.15) is 18.5 Å². The Morgan fingerprint density at radius 2 is 1.87 bits per heavy atom. The smallest absolute Gasteiger partial charge is 0.271 e. The van der Waals surface area contributed by atoms with E-state index in [0.717, 1.165) is 11.1 Å². The van der Waals surface area contributed by atoms with Gasteiger partial charge in [0, 0.05) is 41.8 Å². The van der Waals surface area contributed by atoms with Crippen molar-refractivity contribution in [1.82, 2.24) is 19.9 Å². The standard InChI is InChI=1S/C15H12N6O2/c1-10-2-3-12(21(22)23)4-13(10)20-15-5-14(18-9-19-15)11-6-16-8-17-7-11/h2-9H,1H3,(H,18,19,20). The first-order chi connectivity index (χ1) is 11.1. The fourth-order valence-corrected chi connectivity index (χ4v) is 2.01. The van der Waals surface area contributed by atoms with Crippen molar-refractivity contribution < 1.29 is 4.92 Å². The second kappa shape index (κ2) is 6.14. The van der Waals surface area contributed by atoms with E-state index < -0.39 is 4.92 Å². The Balaban J connectivity index is 1.92. The summed E-state index contributed by atoms with van der Waals surface area (Å²) >= 11 is 0. The Morgan fingerprint density at radius 3 is 2.61 bits per heavy atom. The summed E-state index contributed by atoms with van der Waals surface area (Å²) in [5.74, 6) is 0.530. The first kappa shape index (κ1) is 14.5. The molecule has 0 bridgehead atoms. The molecule has 0 saturated carbocycles. The van der Waals surface area contributed by atoms with Gasteiger partial charge in [-0.25, -0.2) is 19.9 Å². The van der Waals surface area contributed by atoms with Crippen molar-refractivity contribution in [3.63, 3.8) is 0 Å². The topological polar surface area (TPSA) is 107 Å². The lowest BCUT2D eigenvalue weighted by Crippen LogP contribution is -1.99. The minimum absolute atomic E-state index is 0.0174. The summed E-state index contributed by atoms with van der Waals surface area (Å²) in [6, 6.07) is 6.36. The number of benzene rings is 1. The van der Waals surface area contributed by atoms with Crippen LogP contribution in [0.5, 0.6) is 0 Å². The largest absolute Gasteiger partial charge is 0.340 e. The van der Waals surface area contributed by atoms with Crippen LogP contribution in [0.2, 0.25) is 0 Å². The number of nitrogens with one attached hydrogen (secondary N) is 1. The lowest BCUT2D eigenvalue weighted by molar-refractivity contribution is -0.384. The van der Waals surface area contributed by atoms with Gasteiger partial charge in [-0.15, -0.1) is 0 Å². The normalized spacial score (nSPS) is 10.3. The van der Waals surface area contributed by atoms with Crippen LogP contribution in [0.4, 0.5) is 17.2 Å². The quantitative estimate of drug-likeness (QED) is 0.583. The molecule has 3 aromatic rings. The number of aryl methyl sites for hydroxylation is 1. The first-order valence-corrected chi connectivity index (χ1v) is 6.73. The molecule has 2 heterocycles. The molecule has 8 heteroatoms. The molecule has 0 unspecified atom stereocenters. The van der Waals surface area contributed by atoms with E-state index in [1.807, 2.05) is 6.92 Å². The number of nitro benzene ring substituents is 1. The molecular formula is C15H12N6O2. The molecule has 0 amide bonds. The number of nitro groups is 1. The van der Waals surface area contributed by atoms with E-state index in [9.17, 15) is 10.1 Å². The third-order valence-electron chi connectivity index (χ3n) is 3.22. The summed E-state index contributed by atoms with van der Waals surface area (Å²) < 4.78 is 0. The molecule has 0 aliphatic rings. The molecule has 1 N–H and O–H groups in total. The second-order valence-electron chi connectivity index (χ2n) is 4.80. The van der Waals surface area contributed by atoms with Gasteiger partial charge in [0.2, 0.25) is 0 Å². The summed E-state index contributed by atoms with van der Waals surface area (Å²) in [6.07, 6.45) is 6.16. The Kier molecular flexibility index (Phi) is 3.88. The average Bonchev–Trinajstić information content (AvgIpc) is 2.58. The van der Waals surface area contributed by atoms with Gasteiger partial charge in [0.05, 0.1) is 10.6 Å². The van der Waals surface area contributed by atoms with Crippen molar-refractivity contribution in [2.45, 2.75) is 6.92 Å². The minimum Gasteiger partial charge on any atom is -0.340 e. The fraction of sp³-hybridized carbons (Fsp3) is 0.0667. The lowest BCUT2D eigenvalue weighted by Gasteiger charge is -2.09. The Labute approximate surface area is 131 Å². The summed E-state index contributed by atoms with van der Waals surface area (Å²) in [7, 11) is 0. The lowest BCUT2D eigenvalue weighted by atomic mass is 10.1. The van der Waals surface area contributed by atoms with Crippen molar-refractivity contribution in [2.75, 3.05) is 5.32 Å². The number of aromatic nitrogens is 4. The molecule has 8 nitrogen and oxygen atoms in total. The number of rotatable bonds is 4. The Morgan fingerprint density at radius 1 is 1.09 bits per heavy atom. The van der Waals surface area contributed by atoms with E-state index >= 15 is 0 Å². The molecule has 23 heavy (non-hydrogen) atoms. The highest BCUT2D eigenvalue weighted by molar-refractivity contribution is 5.67. The molecule has 114 valence electrons. The van der Waals surface area contributed by atoms with Gasteiger partial charge in [-0.2, -0.15) is 0 Å². The highest BCUT2D eigenvalue weighted by Gasteiger charge is 2.10. The molecular weight excluding hydrogens is 296 g/mol. The zero-order valence-electron chi connectivity index (χ0n) is 12.2. The molecule has 1 aromatic carbocycles. The van der Waals surface area contributed by atoms with Gasteiger partial charge >= 0.3 is 0 Å². The molecule has 2 aromatic heterocycles. The maximum absolute atomic E-state index is 10.9. The van der Waals surface area contributed by atoms with Gasteiger partial charge in [-0.05, 0) is 12.5 Å². The van der Waals surface area contributed by atoms with Crippen molar-refractivity contribution in [2.24, 2.45) is 0 Å². The summed E-state index contributed by atoms with van der Waals surface area (Å²) in [6.45, 7) is 1.86. The fourth-order valence-electron chi connectivity index (χ4n) is 2.01. The van der Waals surface area contributed by atoms with Gasteiger partial charge in [-0.3, -0.25) is 10.1 Å². The third-order valence-corrected chi connectivity index (χ3v) is 3.22. The maximum atomic E-state index is 10.9. The summed E-state index contributed by atoms with van der Waals surface area (Å²) in [5, 5.41) is 14.0. The second-order valence-corrected chi connectivity index (χ2v) is 4.80. The molecule has 0 radical (unpaired) electrons. The van der Waals surface area contributed by atoms with E-state index in [2.05, 4.69) is 25.3 Å². The summed E-state index contributed by atoms with van der Waals surface area (Å²) in [4.78, 5) is 26.7. The molecule has 0 aliphatic heterocycles. The SMILES string of the molecule is Cc1ccc([N+](=O)[O-])cc1Nc1cc(-c2cncnc2)ncn1. The van der Waals surface area contributed by atoms with Crippen LogP contribution in [-0.2, 0) is 0 Å². The summed E-state index contributed by atoms with van der Waals surface area (Å²) in [5.41, 5.74) is 2.93. The van der Waals surface area contributed by atoms with E-state index in [1.165, 1.54) is 24.8 Å². The molecule has 0 atom stereocenters. The Hall–Kier alpha value is -3.42. The molecule has 0 saturated heterocycles. The number of non-ortho nitro benzene ring substituents is 1. The van der Waals surface area contributed by atoms with Crippen molar-refractivity contribution in [3.05, 3.63) is 65.0 Å². The van der Waals surface area contributed by atoms with Crippen molar-refractivity contribution in [3.8, 4) is 11.3 Å². The van der Waals surface area contributed by atoms with E-state index in [0.29, 0.717) is 17.2 Å². The van der Waals surface area contributed by atoms with Crippen LogP contribution >= 0.6 is 0 Å². The highest BCUT2D eigenvalue weighted by atomic mass is 16.6. The third kappa shape index (κ3) is 3.26. The number of anilines is 2. The van der Waals surface area contributed by atoms with Crippen molar-refractivity contribution >= 4 is 17.2 Å². The number of hydrogen-bond donors (Lipinski definition) is 1. The van der Waals surface area contributed by atoms with Gasteiger partial charge in [0.15, 0.2) is 0 Å². The van der Waals surface area contributed by atoms with Gasteiger partial charge < -0.3 is 5.32 Å². The predicted molar refractivity (Wildman–Crippen MR) is 84.2 cm³/mol. The van der Waals surface area contributed by atoms with Gasteiger partial charge in [-0.1, -0.05) is 6.07 Å². The minimum atomic E-state index is -0.433. The molecule has 0 fully saturated rings. The van der Waals surface area contributed by atoms with E-state index in [1.54, 1.807) is 24.5 Å². The average molecular weight is 308 g/mol.